The van der Waals surface area contributed by atoms with E-state index < -0.39 is 0 Å². The van der Waals surface area contributed by atoms with Gasteiger partial charge < -0.3 is 5.11 Å². The summed E-state index contributed by atoms with van der Waals surface area (Å²) in [5.74, 6) is 6.35. The summed E-state index contributed by atoms with van der Waals surface area (Å²) < 4.78 is 0. The van der Waals surface area contributed by atoms with E-state index in [2.05, 4.69) is 54.5 Å². The summed E-state index contributed by atoms with van der Waals surface area (Å²) in [5, 5.41) is 11.2. The first-order chi connectivity index (χ1) is 14.6. The maximum absolute atomic E-state index is 11.2. The molecule has 0 radical (unpaired) electrons. The highest BCUT2D eigenvalue weighted by molar-refractivity contribution is 5.28. The quantitative estimate of drug-likeness (QED) is 0.422. The molecule has 10 atom stereocenters. The maximum atomic E-state index is 11.2. The summed E-state index contributed by atoms with van der Waals surface area (Å²) >= 11 is 0. The van der Waals surface area contributed by atoms with Crippen molar-refractivity contribution in [2.45, 2.75) is 119 Å². The second kappa shape index (κ2) is 8.81. The summed E-state index contributed by atoms with van der Waals surface area (Å²) in [5.41, 5.74) is 2.41. The lowest BCUT2D eigenvalue weighted by molar-refractivity contribution is -0.114. The second-order valence-electron chi connectivity index (χ2n) is 13.3. The van der Waals surface area contributed by atoms with Crippen LogP contribution in [0.2, 0.25) is 0 Å². The molecule has 0 aliphatic heterocycles. The van der Waals surface area contributed by atoms with Crippen molar-refractivity contribution in [3.05, 3.63) is 11.6 Å². The monoisotopic (exact) mass is 428 g/mol. The third-order valence-corrected chi connectivity index (χ3v) is 11.8. The van der Waals surface area contributed by atoms with Crippen LogP contribution in [0.1, 0.15) is 113 Å². The Labute approximate surface area is 193 Å². The predicted octanol–water partition coefficient (Wildman–Crippen LogP) is 8.27. The second-order valence-corrected chi connectivity index (χ2v) is 13.3. The van der Waals surface area contributed by atoms with Gasteiger partial charge in [-0.05, 0) is 104 Å². The van der Waals surface area contributed by atoms with E-state index in [1.807, 2.05) is 0 Å². The molecule has 3 fully saturated rings. The van der Waals surface area contributed by atoms with Crippen molar-refractivity contribution in [2.75, 3.05) is 0 Å². The molecule has 0 spiro atoms. The first-order valence-electron chi connectivity index (χ1n) is 14.0. The minimum Gasteiger partial charge on any atom is -0.393 e. The molecule has 31 heavy (non-hydrogen) atoms. The number of fused-ring (bicyclic) bond motifs is 5. The van der Waals surface area contributed by atoms with Gasteiger partial charge in [-0.1, -0.05) is 73.0 Å². The van der Waals surface area contributed by atoms with E-state index >= 15 is 0 Å². The van der Waals surface area contributed by atoms with E-state index in [-0.39, 0.29) is 11.5 Å². The Morgan fingerprint density at radius 2 is 1.74 bits per heavy atom. The highest BCUT2D eigenvalue weighted by Crippen LogP contribution is 2.67. The third-order valence-electron chi connectivity index (χ3n) is 11.8. The molecule has 0 saturated heterocycles. The topological polar surface area (TPSA) is 20.2 Å². The molecule has 0 aromatic carbocycles. The fourth-order valence-corrected chi connectivity index (χ4v) is 9.65. The molecule has 1 N–H and O–H groups in total. The Kier molecular flexibility index (Phi) is 6.78. The predicted molar refractivity (Wildman–Crippen MR) is 133 cm³/mol. The van der Waals surface area contributed by atoms with E-state index in [1.165, 1.54) is 57.8 Å². The number of aliphatic hydroxyl groups is 1. The van der Waals surface area contributed by atoms with E-state index in [0.29, 0.717) is 17.3 Å². The van der Waals surface area contributed by atoms with Gasteiger partial charge in [0.2, 0.25) is 0 Å². The first-order valence-corrected chi connectivity index (χ1v) is 14.0. The molecular weight excluding hydrogens is 376 g/mol. The molecule has 1 heteroatoms. The van der Waals surface area contributed by atoms with Gasteiger partial charge in [0.25, 0.3) is 0 Å². The molecule has 0 aromatic rings. The van der Waals surface area contributed by atoms with Crippen molar-refractivity contribution in [1.29, 1.82) is 0 Å². The van der Waals surface area contributed by atoms with Gasteiger partial charge in [0.15, 0.2) is 0 Å². The lowest BCUT2D eigenvalue weighted by Gasteiger charge is -2.60. The van der Waals surface area contributed by atoms with Crippen LogP contribution in [0.25, 0.3) is 0 Å². The molecule has 0 amide bonds. The molecule has 3 saturated carbocycles. The molecule has 4 rings (SSSR count). The number of hydrogen-bond acceptors (Lipinski definition) is 1. The Morgan fingerprint density at radius 3 is 2.42 bits per heavy atom. The van der Waals surface area contributed by atoms with Gasteiger partial charge in [-0.3, -0.25) is 0 Å². The number of hydrogen-bond donors (Lipinski definition) is 1. The fraction of sp³-hybridized carbons (Fsp3) is 0.933. The fourth-order valence-electron chi connectivity index (χ4n) is 9.65. The average molecular weight is 429 g/mol. The largest absolute Gasteiger partial charge is 0.393 e. The van der Waals surface area contributed by atoms with Crippen LogP contribution in [-0.2, 0) is 0 Å². The lowest BCUT2D eigenvalue weighted by atomic mass is 9.45. The zero-order valence-electron chi connectivity index (χ0n) is 21.8. The SMILES string of the molecule is CC[C@H](CC[C@@H](C)[C@H]1CC[C@H]2C3=CCC4C(C)CCC(O)[C@]4(C)[C@H]3CC[C@]12C)C(C)C. The lowest BCUT2D eigenvalue weighted by Crippen LogP contribution is -2.55. The summed E-state index contributed by atoms with van der Waals surface area (Å²) in [6.07, 6.45) is 15.8. The summed E-state index contributed by atoms with van der Waals surface area (Å²) in [7, 11) is 0. The van der Waals surface area contributed by atoms with Crippen molar-refractivity contribution in [1.82, 2.24) is 0 Å². The van der Waals surface area contributed by atoms with Crippen LogP contribution >= 0.6 is 0 Å². The van der Waals surface area contributed by atoms with Crippen LogP contribution in [0.4, 0.5) is 0 Å². The zero-order valence-corrected chi connectivity index (χ0v) is 21.8. The van der Waals surface area contributed by atoms with Crippen molar-refractivity contribution in [3.8, 4) is 0 Å². The Bertz CT molecular complexity index is 663. The van der Waals surface area contributed by atoms with Gasteiger partial charge in [0.05, 0.1) is 6.10 Å². The van der Waals surface area contributed by atoms with Gasteiger partial charge in [0, 0.05) is 5.41 Å². The van der Waals surface area contributed by atoms with E-state index in [1.54, 1.807) is 5.57 Å². The van der Waals surface area contributed by atoms with Gasteiger partial charge >= 0.3 is 0 Å². The standard InChI is InChI=1S/C30H52O/c1-8-22(19(2)3)11-9-20(4)24-14-15-26-23-12-13-25-21(5)10-16-28(31)30(25,7)27(23)17-18-29(24,26)6/h12,19-22,24-28,31H,8-11,13-18H2,1-7H3/t20-,21?,22-,24-,25?,26+,27+,28?,29-,30+/m1/s1. The van der Waals surface area contributed by atoms with Crippen molar-refractivity contribution in [2.24, 2.45) is 58.2 Å². The van der Waals surface area contributed by atoms with Crippen LogP contribution < -0.4 is 0 Å². The summed E-state index contributed by atoms with van der Waals surface area (Å²) in [6, 6.07) is 0. The van der Waals surface area contributed by atoms with E-state index in [0.717, 1.165) is 41.9 Å². The van der Waals surface area contributed by atoms with Crippen LogP contribution in [0.15, 0.2) is 11.6 Å². The molecule has 4 aliphatic carbocycles. The van der Waals surface area contributed by atoms with Crippen LogP contribution in [-0.4, -0.2) is 11.2 Å². The Morgan fingerprint density at radius 1 is 1.00 bits per heavy atom. The molecule has 0 bridgehead atoms. The average Bonchev–Trinajstić information content (AvgIpc) is 3.08. The number of rotatable bonds is 6. The third kappa shape index (κ3) is 3.77. The molecule has 1 nitrogen and oxygen atoms in total. The van der Waals surface area contributed by atoms with Gasteiger partial charge in [-0.2, -0.15) is 0 Å². The number of aliphatic hydroxyl groups excluding tert-OH is 1. The Balaban J connectivity index is 1.52. The van der Waals surface area contributed by atoms with Crippen LogP contribution in [0.3, 0.4) is 0 Å². The minimum absolute atomic E-state index is 0.0927. The molecule has 178 valence electrons. The normalized spacial score (nSPS) is 46.7. The van der Waals surface area contributed by atoms with Crippen molar-refractivity contribution < 1.29 is 5.11 Å². The van der Waals surface area contributed by atoms with Crippen molar-refractivity contribution >= 4 is 0 Å². The van der Waals surface area contributed by atoms with E-state index in [4.69, 9.17) is 0 Å². The minimum atomic E-state index is -0.0927. The van der Waals surface area contributed by atoms with Gasteiger partial charge in [0.1, 0.15) is 0 Å². The Hall–Kier alpha value is -0.300. The van der Waals surface area contributed by atoms with Crippen molar-refractivity contribution in [3.63, 3.8) is 0 Å². The first kappa shape index (κ1) is 23.8. The van der Waals surface area contributed by atoms with Crippen LogP contribution in [0, 0.1) is 58.2 Å². The molecule has 3 unspecified atom stereocenters. The van der Waals surface area contributed by atoms with Gasteiger partial charge in [-0.15, -0.1) is 0 Å². The smallest absolute Gasteiger partial charge is 0.0602 e. The summed E-state index contributed by atoms with van der Waals surface area (Å²) in [6.45, 7) is 17.4. The number of allylic oxidation sites excluding steroid dienone is 2. The zero-order chi connectivity index (χ0) is 22.6. The molecule has 4 aliphatic rings. The molecular formula is C30H52O. The van der Waals surface area contributed by atoms with Crippen LogP contribution in [0.5, 0.6) is 0 Å². The highest BCUT2D eigenvalue weighted by atomic mass is 16.3. The molecule has 0 aromatic heterocycles. The maximum Gasteiger partial charge on any atom is 0.0602 e. The molecule has 0 heterocycles. The van der Waals surface area contributed by atoms with Gasteiger partial charge in [-0.25, -0.2) is 0 Å². The summed E-state index contributed by atoms with van der Waals surface area (Å²) in [4.78, 5) is 0. The highest BCUT2D eigenvalue weighted by Gasteiger charge is 2.60. The van der Waals surface area contributed by atoms with E-state index in [9.17, 15) is 5.11 Å².